The van der Waals surface area contributed by atoms with Gasteiger partial charge in [-0.3, -0.25) is 9.59 Å². The summed E-state index contributed by atoms with van der Waals surface area (Å²) >= 11 is 1.42. The molecule has 3 saturated heterocycles. The Morgan fingerprint density at radius 3 is 2.70 bits per heavy atom. The predicted molar refractivity (Wildman–Crippen MR) is 108 cm³/mol. The number of oxime groups is 1. The number of carboxylic acid groups (broad SMARTS) is 1. The average Bonchev–Trinajstić information content (AvgIpc) is 3.40. The van der Waals surface area contributed by atoms with Crippen LogP contribution in [0.25, 0.3) is 0 Å². The molecule has 0 radical (unpaired) electrons. The summed E-state index contributed by atoms with van der Waals surface area (Å²) < 4.78 is 0. The van der Waals surface area contributed by atoms with Crippen molar-refractivity contribution in [3.8, 4) is 0 Å². The maximum Gasteiger partial charge on any atom is 0.353 e. The fraction of sp³-hybridized carbons (Fsp3) is 0.684. The zero-order valence-electron chi connectivity index (χ0n) is 16.8. The van der Waals surface area contributed by atoms with Crippen LogP contribution >= 0.6 is 11.8 Å². The lowest BCUT2D eigenvalue weighted by Crippen LogP contribution is -2.63. The van der Waals surface area contributed by atoms with E-state index in [2.05, 4.69) is 10.5 Å². The number of carbonyl (C=O) groups is 3. The van der Waals surface area contributed by atoms with Crippen LogP contribution in [0.3, 0.4) is 0 Å². The lowest BCUT2D eigenvalue weighted by Gasteiger charge is -2.46. The second kappa shape index (κ2) is 7.86. The van der Waals surface area contributed by atoms with Gasteiger partial charge < -0.3 is 30.5 Å². The van der Waals surface area contributed by atoms with Crippen LogP contribution in [0.5, 0.6) is 0 Å². The van der Waals surface area contributed by atoms with E-state index in [1.807, 2.05) is 6.92 Å². The van der Waals surface area contributed by atoms with E-state index in [0.29, 0.717) is 43.1 Å². The molecule has 6 atom stereocenters. The number of aliphatic hydroxyl groups is 1. The van der Waals surface area contributed by atoms with Crippen LogP contribution in [0.1, 0.15) is 26.7 Å². The van der Waals surface area contributed by atoms with E-state index < -0.39 is 18.0 Å². The molecular formula is C19H26N4O6S. The second-order valence-electron chi connectivity index (χ2n) is 8.38. The first kappa shape index (κ1) is 21.1. The van der Waals surface area contributed by atoms with Gasteiger partial charge in [0.25, 0.3) is 0 Å². The van der Waals surface area contributed by atoms with Crippen LogP contribution in [0.15, 0.2) is 15.8 Å². The van der Waals surface area contributed by atoms with E-state index in [0.717, 1.165) is 0 Å². The highest BCUT2D eigenvalue weighted by Crippen LogP contribution is 2.51. The predicted octanol–water partition coefficient (Wildman–Crippen LogP) is -0.334. The molecule has 2 amide bonds. The summed E-state index contributed by atoms with van der Waals surface area (Å²) in [4.78, 5) is 40.7. The van der Waals surface area contributed by atoms with E-state index >= 15 is 0 Å². The monoisotopic (exact) mass is 438 g/mol. The number of nitrogens with one attached hydrogen (secondary N) is 1. The van der Waals surface area contributed by atoms with Gasteiger partial charge in [-0.25, -0.2) is 4.79 Å². The number of hydrogen-bond acceptors (Lipinski definition) is 8. The number of aliphatic hydroxyl groups excluding tert-OH is 1. The largest absolute Gasteiger partial charge is 0.477 e. The normalized spacial score (nSPS) is 35.8. The summed E-state index contributed by atoms with van der Waals surface area (Å²) in [6.45, 7) is 4.86. The molecule has 0 aliphatic carbocycles. The van der Waals surface area contributed by atoms with Crippen LogP contribution in [0.4, 0.5) is 0 Å². The smallest absolute Gasteiger partial charge is 0.353 e. The quantitative estimate of drug-likeness (QED) is 0.260. The molecule has 0 spiro atoms. The maximum absolute atomic E-state index is 12.7. The number of carboxylic acids is 1. The fourth-order valence-corrected chi connectivity index (χ4v) is 6.45. The number of rotatable bonds is 5. The van der Waals surface area contributed by atoms with Crippen molar-refractivity contribution in [1.82, 2.24) is 15.1 Å². The molecule has 4 aliphatic heterocycles. The molecule has 0 aromatic carbocycles. The van der Waals surface area contributed by atoms with Gasteiger partial charge in [0.2, 0.25) is 11.8 Å². The van der Waals surface area contributed by atoms with Gasteiger partial charge in [-0.1, -0.05) is 12.1 Å². The second-order valence-corrected chi connectivity index (χ2v) is 9.73. The van der Waals surface area contributed by atoms with Crippen LogP contribution in [0, 0.1) is 11.8 Å². The average molecular weight is 439 g/mol. The molecule has 0 aromatic heterocycles. The highest BCUT2D eigenvalue weighted by atomic mass is 32.2. The number of fused-ring (bicyclic) bond motifs is 1. The van der Waals surface area contributed by atoms with Crippen LogP contribution in [-0.2, 0) is 14.4 Å². The molecule has 0 unspecified atom stereocenters. The number of hydrogen-bond donors (Lipinski definition) is 4. The molecule has 4 N–H and O–H groups in total. The van der Waals surface area contributed by atoms with Gasteiger partial charge in [-0.15, -0.1) is 11.8 Å². The Bertz CT molecular complexity index is 843. The first-order valence-electron chi connectivity index (χ1n) is 10.1. The van der Waals surface area contributed by atoms with Crippen molar-refractivity contribution in [2.24, 2.45) is 17.0 Å². The Balaban J connectivity index is 1.45. The van der Waals surface area contributed by atoms with Crippen molar-refractivity contribution >= 4 is 35.3 Å². The molecule has 11 heteroatoms. The lowest BCUT2D eigenvalue weighted by atomic mass is 9.79. The molecule has 0 bridgehead atoms. The molecule has 30 heavy (non-hydrogen) atoms. The SMILES string of the molecule is C[C@@H](O)[C@H]1C(=O)N2C(C(=O)O)=C(S[C@@H]3CN[C@H](C(=O)N4CC/C(=N/O)C4)C3)[C@H](C)[C@H]12. The van der Waals surface area contributed by atoms with Crippen molar-refractivity contribution in [3.05, 3.63) is 10.6 Å². The third kappa shape index (κ3) is 3.28. The Labute approximate surface area is 178 Å². The van der Waals surface area contributed by atoms with Gasteiger partial charge in [-0.05, 0) is 13.3 Å². The minimum absolute atomic E-state index is 0.00173. The Morgan fingerprint density at radius 1 is 1.37 bits per heavy atom. The van der Waals surface area contributed by atoms with Crippen molar-refractivity contribution in [1.29, 1.82) is 0 Å². The van der Waals surface area contributed by atoms with E-state index in [1.54, 1.807) is 11.8 Å². The number of carbonyl (C=O) groups excluding carboxylic acids is 2. The molecule has 10 nitrogen and oxygen atoms in total. The standard InChI is InChI=1S/C19H26N4O6S/c1-8-14-13(9(2)24)18(26)23(14)15(19(27)28)16(8)30-11-5-12(20-6-11)17(25)22-4-3-10(7-22)21-29/h8-9,11-14,20,24,29H,3-7H2,1-2H3,(H,27,28)/b21-10-/t8-,9-,11+,12+,13-,14-/m1/s1. The molecule has 4 aliphatic rings. The summed E-state index contributed by atoms with van der Waals surface area (Å²) in [6.07, 6.45) is 0.283. The Morgan fingerprint density at radius 2 is 2.10 bits per heavy atom. The molecule has 0 saturated carbocycles. The molecule has 4 heterocycles. The van der Waals surface area contributed by atoms with Gasteiger partial charge in [0.15, 0.2) is 0 Å². The van der Waals surface area contributed by atoms with Gasteiger partial charge in [0, 0.05) is 35.6 Å². The van der Waals surface area contributed by atoms with Crippen LogP contribution in [0.2, 0.25) is 0 Å². The number of thioether (sulfide) groups is 1. The number of likely N-dealkylation sites (tertiary alicyclic amines) is 1. The van der Waals surface area contributed by atoms with Crippen molar-refractivity contribution in [2.45, 2.75) is 50.1 Å². The molecule has 3 fully saturated rings. The van der Waals surface area contributed by atoms with Gasteiger partial charge in [0.05, 0.1) is 36.4 Å². The summed E-state index contributed by atoms with van der Waals surface area (Å²) in [5.74, 6) is -2.30. The minimum atomic E-state index is -1.14. The molecule has 0 aromatic rings. The van der Waals surface area contributed by atoms with Gasteiger partial charge in [0.1, 0.15) is 5.70 Å². The van der Waals surface area contributed by atoms with E-state index in [-0.39, 0.29) is 40.8 Å². The molecule has 4 rings (SSSR count). The van der Waals surface area contributed by atoms with E-state index in [1.165, 1.54) is 16.7 Å². The first-order valence-corrected chi connectivity index (χ1v) is 11.0. The highest BCUT2D eigenvalue weighted by Gasteiger charge is 2.60. The molecular weight excluding hydrogens is 412 g/mol. The minimum Gasteiger partial charge on any atom is -0.477 e. The zero-order valence-corrected chi connectivity index (χ0v) is 17.6. The van der Waals surface area contributed by atoms with Gasteiger partial charge >= 0.3 is 5.97 Å². The Kier molecular flexibility index (Phi) is 5.54. The summed E-state index contributed by atoms with van der Waals surface area (Å²) in [5, 5.41) is 35.0. The summed E-state index contributed by atoms with van der Waals surface area (Å²) in [7, 11) is 0. The van der Waals surface area contributed by atoms with Gasteiger partial charge in [-0.2, -0.15) is 0 Å². The summed E-state index contributed by atoms with van der Waals surface area (Å²) in [6, 6.07) is -0.700. The molecule has 164 valence electrons. The van der Waals surface area contributed by atoms with Crippen LogP contribution in [-0.4, -0.2) is 91.8 Å². The van der Waals surface area contributed by atoms with Crippen molar-refractivity contribution < 1.29 is 29.8 Å². The number of nitrogens with zero attached hydrogens (tertiary/aromatic N) is 3. The Hall–Kier alpha value is -2.11. The highest BCUT2D eigenvalue weighted by molar-refractivity contribution is 8.03. The maximum atomic E-state index is 12.7. The van der Waals surface area contributed by atoms with E-state index in [9.17, 15) is 24.6 Å². The third-order valence-corrected chi connectivity index (χ3v) is 8.00. The van der Waals surface area contributed by atoms with Crippen LogP contribution < -0.4 is 5.32 Å². The third-order valence-electron chi connectivity index (χ3n) is 6.49. The number of β-lactam (4-membered cyclic amide) rings is 1. The van der Waals surface area contributed by atoms with Crippen molar-refractivity contribution in [2.75, 3.05) is 19.6 Å². The summed E-state index contributed by atoms with van der Waals surface area (Å²) in [5.41, 5.74) is 0.600. The topological polar surface area (TPSA) is 143 Å². The lowest BCUT2D eigenvalue weighted by molar-refractivity contribution is -0.163. The first-order chi connectivity index (χ1) is 14.2. The number of amides is 2. The fourth-order valence-electron chi connectivity index (χ4n) is 4.97. The van der Waals surface area contributed by atoms with E-state index in [4.69, 9.17) is 5.21 Å². The van der Waals surface area contributed by atoms with Crippen molar-refractivity contribution in [3.63, 3.8) is 0 Å². The number of aliphatic carboxylic acids is 1. The zero-order chi connectivity index (χ0) is 21.7.